The van der Waals surface area contributed by atoms with Gasteiger partial charge in [-0.1, -0.05) is 12.1 Å². The molecule has 0 radical (unpaired) electrons. The number of hydrogen-bond acceptors (Lipinski definition) is 5. The van der Waals surface area contributed by atoms with Gasteiger partial charge in [0.15, 0.2) is 0 Å². The minimum Gasteiger partial charge on any atom is -0.497 e. The molecule has 1 saturated heterocycles. The molecule has 0 atom stereocenters. The zero-order valence-corrected chi connectivity index (χ0v) is 14.0. The number of benzene rings is 2. The quantitative estimate of drug-likeness (QED) is 0.906. The van der Waals surface area contributed by atoms with Gasteiger partial charge in [-0.25, -0.2) is 9.03 Å². The third kappa shape index (κ3) is 2.88. The molecule has 0 aromatic heterocycles. The second-order valence-corrected chi connectivity index (χ2v) is 6.75. The lowest BCUT2D eigenvalue weighted by atomic mass is 10.0. The van der Waals surface area contributed by atoms with Gasteiger partial charge in [0.1, 0.15) is 18.0 Å². The molecule has 1 aliphatic heterocycles. The predicted molar refractivity (Wildman–Crippen MR) is 89.4 cm³/mol. The number of hydrogen-bond donors (Lipinski definition) is 1. The lowest BCUT2D eigenvalue weighted by molar-refractivity contribution is -0.117. The second kappa shape index (κ2) is 6.04. The third-order valence-electron chi connectivity index (χ3n) is 3.67. The normalized spacial score (nSPS) is 15.9. The van der Waals surface area contributed by atoms with Crippen molar-refractivity contribution < 1.29 is 22.7 Å². The van der Waals surface area contributed by atoms with Gasteiger partial charge in [-0.2, -0.15) is 8.42 Å². The van der Waals surface area contributed by atoms with Crippen LogP contribution in [0.2, 0.25) is 0 Å². The summed E-state index contributed by atoms with van der Waals surface area (Å²) < 4.78 is 37.6. The number of rotatable bonds is 4. The van der Waals surface area contributed by atoms with Gasteiger partial charge >= 0.3 is 10.2 Å². The van der Waals surface area contributed by atoms with Gasteiger partial charge in [0.05, 0.1) is 19.9 Å². The molecule has 1 N–H and O–H groups in total. The van der Waals surface area contributed by atoms with E-state index in [2.05, 4.69) is 0 Å². The average molecular weight is 348 g/mol. The fourth-order valence-electron chi connectivity index (χ4n) is 2.54. The van der Waals surface area contributed by atoms with E-state index < -0.39 is 16.1 Å². The standard InChI is InChI=1S/C16H16N2O5S/c1-22-13-5-3-4-11(8-13)14-9-12(6-7-15(14)23-2)18-10-16(19)17-24(18,20)21/h3-9H,10H2,1-2H3,(H,17,19). The van der Waals surface area contributed by atoms with Crippen molar-refractivity contribution in [2.75, 3.05) is 25.1 Å². The van der Waals surface area contributed by atoms with Crippen LogP contribution in [0.1, 0.15) is 0 Å². The molecule has 8 heteroatoms. The Bertz CT molecular complexity index is 895. The Morgan fingerprint density at radius 1 is 1.08 bits per heavy atom. The van der Waals surface area contributed by atoms with Gasteiger partial charge in [0, 0.05) is 5.56 Å². The van der Waals surface area contributed by atoms with Crippen molar-refractivity contribution >= 4 is 21.8 Å². The monoisotopic (exact) mass is 348 g/mol. The van der Waals surface area contributed by atoms with E-state index in [-0.39, 0.29) is 6.54 Å². The van der Waals surface area contributed by atoms with Crippen molar-refractivity contribution in [3.63, 3.8) is 0 Å². The number of ether oxygens (including phenoxy) is 2. The Labute approximate surface area is 140 Å². The maximum absolute atomic E-state index is 12.0. The van der Waals surface area contributed by atoms with Crippen molar-refractivity contribution in [1.29, 1.82) is 0 Å². The summed E-state index contributed by atoms with van der Waals surface area (Å²) in [6.45, 7) is -0.244. The zero-order valence-electron chi connectivity index (χ0n) is 13.1. The smallest absolute Gasteiger partial charge is 0.326 e. The molecule has 1 amide bonds. The Balaban J connectivity index is 2.11. The van der Waals surface area contributed by atoms with E-state index in [4.69, 9.17) is 9.47 Å². The molecule has 0 unspecified atom stereocenters. The fraction of sp³-hybridized carbons (Fsp3) is 0.188. The molecular weight excluding hydrogens is 332 g/mol. The first-order chi connectivity index (χ1) is 11.4. The Morgan fingerprint density at radius 3 is 2.50 bits per heavy atom. The molecule has 3 rings (SSSR count). The summed E-state index contributed by atoms with van der Waals surface area (Å²) in [5.74, 6) is 0.697. The Morgan fingerprint density at radius 2 is 1.88 bits per heavy atom. The maximum Gasteiger partial charge on any atom is 0.326 e. The fourth-order valence-corrected chi connectivity index (χ4v) is 3.68. The number of amides is 1. The van der Waals surface area contributed by atoms with E-state index in [9.17, 15) is 13.2 Å². The number of methoxy groups -OCH3 is 2. The maximum atomic E-state index is 12.0. The SMILES string of the molecule is COc1cccc(-c2cc(N3CC(=O)NS3(=O)=O)ccc2OC)c1. The van der Waals surface area contributed by atoms with Crippen LogP contribution in [0.25, 0.3) is 11.1 Å². The van der Waals surface area contributed by atoms with E-state index in [1.807, 2.05) is 29.0 Å². The van der Waals surface area contributed by atoms with Crippen molar-refractivity contribution in [2.45, 2.75) is 0 Å². The van der Waals surface area contributed by atoms with Gasteiger partial charge < -0.3 is 9.47 Å². The average Bonchev–Trinajstić information content (AvgIpc) is 2.86. The molecule has 2 aromatic rings. The lowest BCUT2D eigenvalue weighted by Crippen LogP contribution is -2.29. The molecule has 1 heterocycles. The van der Waals surface area contributed by atoms with E-state index in [0.717, 1.165) is 9.87 Å². The molecule has 126 valence electrons. The zero-order chi connectivity index (χ0) is 17.3. The molecule has 7 nitrogen and oxygen atoms in total. The van der Waals surface area contributed by atoms with Crippen LogP contribution in [-0.2, 0) is 15.0 Å². The Kier molecular flexibility index (Phi) is 4.06. The summed E-state index contributed by atoms with van der Waals surface area (Å²) in [7, 11) is -0.744. The van der Waals surface area contributed by atoms with Gasteiger partial charge in [-0.15, -0.1) is 0 Å². The molecule has 0 spiro atoms. The van der Waals surface area contributed by atoms with Gasteiger partial charge in [0.2, 0.25) is 0 Å². The molecule has 1 fully saturated rings. The highest BCUT2D eigenvalue weighted by Gasteiger charge is 2.34. The van der Waals surface area contributed by atoms with E-state index in [0.29, 0.717) is 22.7 Å². The summed E-state index contributed by atoms with van der Waals surface area (Å²) in [4.78, 5) is 11.4. The molecular formula is C16H16N2O5S. The molecule has 2 aromatic carbocycles. The number of nitrogens with zero attached hydrogens (tertiary/aromatic N) is 1. The van der Waals surface area contributed by atoms with E-state index in [1.54, 1.807) is 25.3 Å². The first kappa shape index (κ1) is 16.1. The molecule has 1 aliphatic rings. The highest BCUT2D eigenvalue weighted by atomic mass is 32.2. The summed E-state index contributed by atoms with van der Waals surface area (Å²) >= 11 is 0. The van der Waals surface area contributed by atoms with Crippen LogP contribution in [0.4, 0.5) is 5.69 Å². The molecule has 0 aliphatic carbocycles. The lowest BCUT2D eigenvalue weighted by Gasteiger charge is -2.17. The number of nitrogens with one attached hydrogen (secondary N) is 1. The van der Waals surface area contributed by atoms with Gasteiger partial charge in [-0.05, 0) is 35.9 Å². The highest BCUT2D eigenvalue weighted by Crippen LogP contribution is 2.36. The van der Waals surface area contributed by atoms with Gasteiger partial charge in [0.25, 0.3) is 5.91 Å². The topological polar surface area (TPSA) is 84.9 Å². The summed E-state index contributed by atoms with van der Waals surface area (Å²) in [5.41, 5.74) is 1.89. The van der Waals surface area contributed by atoms with Crippen molar-refractivity contribution in [3.8, 4) is 22.6 Å². The first-order valence-corrected chi connectivity index (χ1v) is 8.54. The van der Waals surface area contributed by atoms with Crippen LogP contribution in [0, 0.1) is 0 Å². The third-order valence-corrected chi connectivity index (χ3v) is 5.08. The Hall–Kier alpha value is -2.74. The van der Waals surface area contributed by atoms with Crippen LogP contribution < -0.4 is 18.5 Å². The predicted octanol–water partition coefficient (Wildman–Crippen LogP) is 1.55. The second-order valence-electron chi connectivity index (χ2n) is 5.15. The molecule has 0 saturated carbocycles. The summed E-state index contributed by atoms with van der Waals surface area (Å²) in [5, 5.41) is 0. The minimum absolute atomic E-state index is 0.244. The summed E-state index contributed by atoms with van der Waals surface area (Å²) in [6.07, 6.45) is 0. The number of anilines is 1. The molecule has 0 bridgehead atoms. The summed E-state index contributed by atoms with van der Waals surface area (Å²) in [6, 6.07) is 12.3. The minimum atomic E-state index is -3.85. The van der Waals surface area contributed by atoms with Crippen LogP contribution in [0.3, 0.4) is 0 Å². The van der Waals surface area contributed by atoms with Crippen LogP contribution in [0.15, 0.2) is 42.5 Å². The van der Waals surface area contributed by atoms with Crippen LogP contribution in [-0.4, -0.2) is 35.1 Å². The van der Waals surface area contributed by atoms with E-state index >= 15 is 0 Å². The first-order valence-electron chi connectivity index (χ1n) is 7.10. The van der Waals surface area contributed by atoms with Crippen molar-refractivity contribution in [1.82, 2.24) is 4.72 Å². The highest BCUT2D eigenvalue weighted by molar-refractivity contribution is 7.92. The largest absolute Gasteiger partial charge is 0.497 e. The van der Waals surface area contributed by atoms with E-state index in [1.165, 1.54) is 7.11 Å². The number of carbonyl (C=O) groups excluding carboxylic acids is 1. The van der Waals surface area contributed by atoms with Crippen LogP contribution in [0.5, 0.6) is 11.5 Å². The van der Waals surface area contributed by atoms with Gasteiger partial charge in [-0.3, -0.25) is 4.79 Å². The van der Waals surface area contributed by atoms with Crippen molar-refractivity contribution in [2.24, 2.45) is 0 Å². The van der Waals surface area contributed by atoms with Crippen molar-refractivity contribution in [3.05, 3.63) is 42.5 Å². The number of carbonyl (C=O) groups is 1. The van der Waals surface area contributed by atoms with Crippen LogP contribution >= 0.6 is 0 Å². The molecule has 24 heavy (non-hydrogen) atoms.